The Labute approximate surface area is 168 Å². The van der Waals surface area contributed by atoms with Crippen LogP contribution in [0.1, 0.15) is 38.8 Å². The van der Waals surface area contributed by atoms with Crippen LogP contribution in [0.25, 0.3) is 0 Å². The van der Waals surface area contributed by atoms with Crippen molar-refractivity contribution >= 4 is 21.6 Å². The van der Waals surface area contributed by atoms with E-state index < -0.39 is 17.2 Å². The van der Waals surface area contributed by atoms with E-state index in [1.165, 1.54) is 16.0 Å². The molecule has 3 heterocycles. The Morgan fingerprint density at radius 3 is 2.81 bits per heavy atom. The van der Waals surface area contributed by atoms with Crippen LogP contribution in [-0.2, 0) is 17.4 Å². The molecule has 2 atom stereocenters. The Bertz CT molecular complexity index is 746. The maximum atomic E-state index is 12.4. The molecule has 0 saturated carbocycles. The van der Waals surface area contributed by atoms with Crippen LogP contribution in [0.4, 0.5) is 0 Å². The largest absolute Gasteiger partial charge is 0.487 e. The minimum atomic E-state index is -0.587. The number of hydroxylamine groups is 2. The summed E-state index contributed by atoms with van der Waals surface area (Å²) >= 11 is 0. The number of aliphatic hydroxyl groups excluding tert-OH is 1. The lowest BCUT2D eigenvalue weighted by Gasteiger charge is -2.34. The van der Waals surface area contributed by atoms with Gasteiger partial charge in [-0.2, -0.15) is 0 Å². The molecule has 0 bridgehead atoms. The molecule has 1 radical (unpaired) electrons. The van der Waals surface area contributed by atoms with Gasteiger partial charge in [-0.25, -0.2) is 0 Å². The molecule has 0 aromatic heterocycles. The Morgan fingerprint density at radius 1 is 1.33 bits per heavy atom. The highest BCUT2D eigenvalue weighted by atomic mass is 33.1. The molecule has 0 fully saturated rings. The fourth-order valence-corrected chi connectivity index (χ4v) is 6.64. The number of nitrogens with zero attached hydrogens (tertiary/aromatic N) is 1. The molecule has 1 aromatic carbocycles. The molecule has 0 saturated heterocycles. The molecule has 7 heteroatoms. The average Bonchev–Trinajstić information content (AvgIpc) is 3.26. The number of fused-ring (bicyclic) bond motifs is 2. The van der Waals surface area contributed by atoms with E-state index in [4.69, 9.17) is 4.74 Å². The number of rotatable bonds is 5. The highest BCUT2D eigenvalue weighted by Crippen LogP contribution is 2.47. The monoisotopic (exact) mass is 407 g/mol. The minimum Gasteiger partial charge on any atom is -0.487 e. The van der Waals surface area contributed by atoms with Gasteiger partial charge in [0.1, 0.15) is 18.0 Å². The predicted octanol–water partition coefficient (Wildman–Crippen LogP) is 3.34. The second-order valence-electron chi connectivity index (χ2n) is 8.65. The van der Waals surface area contributed by atoms with Crippen molar-refractivity contribution in [2.45, 2.75) is 68.0 Å². The van der Waals surface area contributed by atoms with Crippen molar-refractivity contribution < 1.29 is 15.1 Å². The van der Waals surface area contributed by atoms with Crippen molar-refractivity contribution in [1.82, 2.24) is 10.4 Å². The number of hydrogen-bond acceptors (Lipinski definition) is 6. The van der Waals surface area contributed by atoms with Gasteiger partial charge in [-0.1, -0.05) is 27.7 Å². The van der Waals surface area contributed by atoms with Crippen molar-refractivity contribution in [3.63, 3.8) is 0 Å². The van der Waals surface area contributed by atoms with Crippen molar-refractivity contribution in [2.24, 2.45) is 0 Å². The van der Waals surface area contributed by atoms with Gasteiger partial charge in [0.05, 0.1) is 11.1 Å². The fraction of sp³-hybridized carbons (Fsp3) is 0.600. The summed E-state index contributed by atoms with van der Waals surface area (Å²) in [6.07, 6.45) is 1.98. The van der Waals surface area contributed by atoms with Crippen LogP contribution in [0, 0.1) is 0 Å². The third kappa shape index (κ3) is 3.54. The molecule has 0 spiro atoms. The highest BCUT2D eigenvalue weighted by Gasteiger charge is 2.46. The van der Waals surface area contributed by atoms with Crippen LogP contribution in [0.3, 0.4) is 0 Å². The molecule has 27 heavy (non-hydrogen) atoms. The highest BCUT2D eigenvalue weighted by molar-refractivity contribution is 8.76. The number of aliphatic hydroxyl groups is 1. The van der Waals surface area contributed by atoms with Crippen molar-refractivity contribution in [2.75, 3.05) is 13.1 Å². The molecule has 0 aliphatic carbocycles. The van der Waals surface area contributed by atoms with Crippen LogP contribution in [0.5, 0.6) is 5.75 Å². The first-order valence-electron chi connectivity index (χ1n) is 9.39. The molecular weight excluding hydrogens is 380 g/mol. The van der Waals surface area contributed by atoms with Crippen LogP contribution >= 0.6 is 21.6 Å². The number of benzene rings is 1. The van der Waals surface area contributed by atoms with Crippen molar-refractivity contribution in [1.29, 1.82) is 0 Å². The molecular formula is C20H27N2O3S2. The molecule has 147 valence electrons. The van der Waals surface area contributed by atoms with Gasteiger partial charge in [-0.15, -0.1) is 10.3 Å². The fourth-order valence-electron chi connectivity index (χ4n) is 4.16. The van der Waals surface area contributed by atoms with E-state index in [1.807, 2.05) is 55.4 Å². The zero-order valence-electron chi connectivity index (χ0n) is 16.2. The lowest BCUT2D eigenvalue weighted by Crippen LogP contribution is -2.48. The summed E-state index contributed by atoms with van der Waals surface area (Å²) < 4.78 is 6.03. The zero-order chi connectivity index (χ0) is 19.4. The maximum Gasteiger partial charge on any atom is 0.130 e. The van der Waals surface area contributed by atoms with E-state index in [1.54, 1.807) is 0 Å². The Hall–Kier alpha value is -0.700. The third-order valence-electron chi connectivity index (χ3n) is 5.75. The lowest BCUT2D eigenvalue weighted by molar-refractivity contribution is -0.238. The van der Waals surface area contributed by atoms with E-state index in [2.05, 4.69) is 17.4 Å². The molecule has 2 unspecified atom stereocenters. The van der Waals surface area contributed by atoms with Gasteiger partial charge >= 0.3 is 0 Å². The standard InChI is InChI=1S/C20H27N2O3S2/c1-19(2)8-14(20(3,4)22(19)24)9-21-10-15(23)17-5-12-7-18-13(11-26-27-18)6-16(12)25-17/h6-8,15,17,21,23H,5,9-11H2,1-4H3. The Morgan fingerprint density at radius 2 is 2.11 bits per heavy atom. The minimum absolute atomic E-state index is 0.217. The summed E-state index contributed by atoms with van der Waals surface area (Å²) in [6, 6.07) is 4.35. The summed E-state index contributed by atoms with van der Waals surface area (Å²) in [4.78, 5) is 1.33. The normalized spacial score (nSPS) is 26.4. The van der Waals surface area contributed by atoms with Crippen LogP contribution in [-0.4, -0.2) is 46.5 Å². The first kappa shape index (κ1) is 19.6. The van der Waals surface area contributed by atoms with Gasteiger partial charge in [0, 0.05) is 30.2 Å². The first-order chi connectivity index (χ1) is 12.7. The predicted molar refractivity (Wildman–Crippen MR) is 109 cm³/mol. The number of hydrogen-bond donors (Lipinski definition) is 2. The van der Waals surface area contributed by atoms with Crippen molar-refractivity contribution in [3.05, 3.63) is 34.9 Å². The molecule has 3 aliphatic rings. The Kier molecular flexibility index (Phi) is 5.06. The van der Waals surface area contributed by atoms with Gasteiger partial charge in [0.2, 0.25) is 0 Å². The molecule has 2 N–H and O–H groups in total. The molecule has 4 rings (SSSR count). The molecule has 0 amide bonds. The summed E-state index contributed by atoms with van der Waals surface area (Å²) in [7, 11) is 3.68. The number of ether oxygens (including phenoxy) is 1. The van der Waals surface area contributed by atoms with Crippen LogP contribution < -0.4 is 10.1 Å². The van der Waals surface area contributed by atoms with E-state index in [0.717, 1.165) is 28.6 Å². The zero-order valence-corrected chi connectivity index (χ0v) is 17.9. The SMILES string of the molecule is CC1(C)C=C(CNCC(O)C2Cc3cc4c(cc3O2)CSS4)C(C)(C)N1[O]. The molecule has 1 aromatic rings. The van der Waals surface area contributed by atoms with Crippen molar-refractivity contribution in [3.8, 4) is 5.75 Å². The molecule has 5 nitrogen and oxygen atoms in total. The smallest absolute Gasteiger partial charge is 0.130 e. The van der Waals surface area contributed by atoms with Gasteiger partial charge in [0.25, 0.3) is 0 Å². The van der Waals surface area contributed by atoms with Gasteiger partial charge in [-0.3, -0.25) is 0 Å². The maximum absolute atomic E-state index is 12.4. The summed E-state index contributed by atoms with van der Waals surface area (Å²) in [5.74, 6) is 1.94. The summed E-state index contributed by atoms with van der Waals surface area (Å²) in [6.45, 7) is 8.79. The van der Waals surface area contributed by atoms with E-state index in [0.29, 0.717) is 13.1 Å². The van der Waals surface area contributed by atoms with Gasteiger partial charge in [-0.05, 0) is 56.5 Å². The Balaban J connectivity index is 1.33. The lowest BCUT2D eigenvalue weighted by atomic mass is 9.96. The summed E-state index contributed by atoms with van der Waals surface area (Å²) in [5.41, 5.74) is 2.56. The van der Waals surface area contributed by atoms with Crippen LogP contribution in [0.15, 0.2) is 28.7 Å². The van der Waals surface area contributed by atoms with Gasteiger partial charge < -0.3 is 15.2 Å². The molecule has 3 aliphatic heterocycles. The van der Waals surface area contributed by atoms with E-state index >= 15 is 0 Å². The third-order valence-corrected chi connectivity index (χ3v) is 8.10. The topological polar surface area (TPSA) is 64.6 Å². The van der Waals surface area contributed by atoms with Crippen LogP contribution in [0.2, 0.25) is 0 Å². The average molecular weight is 408 g/mol. The first-order valence-corrected chi connectivity index (χ1v) is 11.7. The van der Waals surface area contributed by atoms with E-state index in [-0.39, 0.29) is 6.10 Å². The summed E-state index contributed by atoms with van der Waals surface area (Å²) in [5, 5.41) is 27.5. The van der Waals surface area contributed by atoms with E-state index in [9.17, 15) is 10.3 Å². The second-order valence-corrected chi connectivity index (χ2v) is 11.0. The second kappa shape index (κ2) is 6.97. The number of nitrogens with one attached hydrogen (secondary N) is 1. The quantitative estimate of drug-likeness (QED) is 0.577. The van der Waals surface area contributed by atoms with Gasteiger partial charge in [0.15, 0.2) is 0 Å².